The number of nitrogens with zero attached hydrogens (tertiary/aromatic N) is 4. The van der Waals surface area contributed by atoms with E-state index in [9.17, 15) is 18.0 Å². The summed E-state index contributed by atoms with van der Waals surface area (Å²) in [5.41, 5.74) is 9.64. The molecule has 0 unspecified atom stereocenters. The standard InChI is InChI=1S/C37H37F4N5O4/c1-22-14-27(50-32-5-3-2-4-29(32)38)19-30(39)35(22)46-37(42)28(20-43-46)36(47)25-15-23-17-31(33(18-24(23)16-25)49-21-34(40)41)45-8-6-26(7-9-45)44-10-12-48-13-11-44/h2-5,14,16-20,26,34H,6-13,15,21,42H2,1H3. The first kappa shape index (κ1) is 33.6. The third kappa shape index (κ3) is 6.79. The van der Waals surface area contributed by atoms with Crippen molar-refractivity contribution in [2.24, 2.45) is 0 Å². The number of para-hydroxylation sites is 1. The fourth-order valence-electron chi connectivity index (χ4n) is 7.01. The molecule has 0 bridgehead atoms. The van der Waals surface area contributed by atoms with Crippen LogP contribution in [0.25, 0.3) is 11.8 Å². The molecule has 3 aliphatic rings. The average molecular weight is 692 g/mol. The number of ketones is 1. The van der Waals surface area contributed by atoms with E-state index in [0.29, 0.717) is 34.9 Å². The number of ether oxygens (including phenoxy) is 3. The lowest BCUT2D eigenvalue weighted by Gasteiger charge is -2.41. The van der Waals surface area contributed by atoms with Crippen LogP contribution in [0.4, 0.5) is 29.1 Å². The number of nitrogen functional groups attached to an aromatic ring is 1. The van der Waals surface area contributed by atoms with Gasteiger partial charge in [0, 0.05) is 50.3 Å². The van der Waals surface area contributed by atoms with E-state index in [4.69, 9.17) is 19.9 Å². The van der Waals surface area contributed by atoms with E-state index in [1.165, 1.54) is 30.5 Å². The van der Waals surface area contributed by atoms with Crippen LogP contribution in [0.2, 0.25) is 0 Å². The Morgan fingerprint density at radius 3 is 2.50 bits per heavy atom. The summed E-state index contributed by atoms with van der Waals surface area (Å²) in [6.45, 7) is 5.65. The second kappa shape index (κ2) is 14.2. The number of hydrogen-bond acceptors (Lipinski definition) is 8. The van der Waals surface area contributed by atoms with Crippen LogP contribution >= 0.6 is 0 Å². The number of piperidine rings is 1. The number of Topliss-reactive ketones (excluding diaryl/α,β-unsaturated/α-hetero) is 1. The molecule has 7 rings (SSSR count). The zero-order chi connectivity index (χ0) is 34.9. The number of allylic oxidation sites excluding steroid dienone is 1. The van der Waals surface area contributed by atoms with Crippen LogP contribution in [-0.2, 0) is 11.2 Å². The Hall–Kier alpha value is -4.88. The number of morpholine rings is 1. The predicted molar refractivity (Wildman–Crippen MR) is 181 cm³/mol. The number of hydrogen-bond donors (Lipinski definition) is 1. The molecule has 1 aromatic heterocycles. The molecule has 2 N–H and O–H groups in total. The predicted octanol–water partition coefficient (Wildman–Crippen LogP) is 6.60. The minimum absolute atomic E-state index is 0.0222. The van der Waals surface area contributed by atoms with Crippen molar-refractivity contribution in [1.82, 2.24) is 14.7 Å². The molecule has 0 spiro atoms. The number of rotatable bonds is 10. The topological polar surface area (TPSA) is 95.1 Å². The number of benzene rings is 3. The van der Waals surface area contributed by atoms with Crippen molar-refractivity contribution in [3.8, 4) is 22.9 Å². The van der Waals surface area contributed by atoms with Crippen molar-refractivity contribution in [2.75, 3.05) is 56.6 Å². The molecule has 4 aromatic rings. The van der Waals surface area contributed by atoms with Crippen LogP contribution in [0.15, 0.2) is 60.3 Å². The highest BCUT2D eigenvalue weighted by molar-refractivity contribution is 6.15. The average Bonchev–Trinajstić information content (AvgIpc) is 3.71. The molecule has 2 saturated heterocycles. The summed E-state index contributed by atoms with van der Waals surface area (Å²) < 4.78 is 73.9. The molecular weight excluding hydrogens is 654 g/mol. The highest BCUT2D eigenvalue weighted by atomic mass is 19.3. The number of carbonyl (C=O) groups excluding carboxylic acids is 1. The van der Waals surface area contributed by atoms with E-state index >= 15 is 4.39 Å². The van der Waals surface area contributed by atoms with Gasteiger partial charge in [-0.25, -0.2) is 22.2 Å². The number of carbonyl (C=O) groups is 1. The number of fused-ring (bicyclic) bond motifs is 1. The Balaban J connectivity index is 1.10. The van der Waals surface area contributed by atoms with E-state index in [2.05, 4.69) is 14.9 Å². The molecule has 3 heterocycles. The molecule has 13 heteroatoms. The Kier molecular flexibility index (Phi) is 9.52. The van der Waals surface area contributed by atoms with Gasteiger partial charge in [-0.1, -0.05) is 12.1 Å². The summed E-state index contributed by atoms with van der Waals surface area (Å²) in [7, 11) is 0. The number of aromatic nitrogens is 2. The van der Waals surface area contributed by atoms with Crippen LogP contribution in [-0.4, -0.2) is 78.9 Å². The van der Waals surface area contributed by atoms with Gasteiger partial charge in [0.1, 0.15) is 29.6 Å². The highest BCUT2D eigenvalue weighted by Gasteiger charge is 2.30. The highest BCUT2D eigenvalue weighted by Crippen LogP contribution is 2.40. The Morgan fingerprint density at radius 1 is 1.02 bits per heavy atom. The van der Waals surface area contributed by atoms with E-state index < -0.39 is 24.7 Å². The molecule has 2 fully saturated rings. The molecule has 0 atom stereocenters. The summed E-state index contributed by atoms with van der Waals surface area (Å²) in [5, 5.41) is 4.24. The lowest BCUT2D eigenvalue weighted by Crippen LogP contribution is -2.49. The number of anilines is 2. The molecular formula is C37H37F4N5O4. The molecule has 50 heavy (non-hydrogen) atoms. The van der Waals surface area contributed by atoms with Gasteiger partial charge in [0.15, 0.2) is 23.2 Å². The summed E-state index contributed by atoms with van der Waals surface area (Å²) in [5.74, 6) is -1.37. The van der Waals surface area contributed by atoms with Gasteiger partial charge in [-0.15, -0.1) is 0 Å². The Bertz CT molecular complexity index is 1910. The maximum atomic E-state index is 15.5. The number of alkyl halides is 2. The summed E-state index contributed by atoms with van der Waals surface area (Å²) >= 11 is 0. The van der Waals surface area contributed by atoms with Gasteiger partial charge in [-0.2, -0.15) is 5.10 Å². The van der Waals surface area contributed by atoms with Crippen LogP contribution in [0.3, 0.4) is 0 Å². The van der Waals surface area contributed by atoms with Gasteiger partial charge in [-0.3, -0.25) is 9.69 Å². The number of nitrogens with two attached hydrogens (primary N) is 1. The Morgan fingerprint density at radius 2 is 1.78 bits per heavy atom. The van der Waals surface area contributed by atoms with E-state index in [0.717, 1.165) is 74.2 Å². The van der Waals surface area contributed by atoms with Crippen molar-refractivity contribution < 1.29 is 36.6 Å². The first-order chi connectivity index (χ1) is 24.2. The van der Waals surface area contributed by atoms with Crippen LogP contribution in [0.5, 0.6) is 17.2 Å². The molecule has 3 aromatic carbocycles. The minimum Gasteiger partial charge on any atom is -0.485 e. The monoisotopic (exact) mass is 691 g/mol. The largest absolute Gasteiger partial charge is 0.485 e. The maximum Gasteiger partial charge on any atom is 0.272 e. The van der Waals surface area contributed by atoms with E-state index in [-0.39, 0.29) is 34.4 Å². The summed E-state index contributed by atoms with van der Waals surface area (Å²) in [4.78, 5) is 18.4. The first-order valence-electron chi connectivity index (χ1n) is 16.6. The van der Waals surface area contributed by atoms with E-state index in [1.807, 2.05) is 6.07 Å². The van der Waals surface area contributed by atoms with Gasteiger partial charge < -0.3 is 24.8 Å². The normalized spacial score (nSPS) is 16.8. The summed E-state index contributed by atoms with van der Waals surface area (Å²) in [6, 6.07) is 12.5. The Labute approximate surface area is 286 Å². The molecule has 0 radical (unpaired) electrons. The molecule has 0 amide bonds. The van der Waals surface area contributed by atoms with Crippen molar-refractivity contribution >= 4 is 23.4 Å². The fourth-order valence-corrected chi connectivity index (χ4v) is 7.01. The third-order valence-corrected chi connectivity index (χ3v) is 9.51. The van der Waals surface area contributed by atoms with Crippen LogP contribution < -0.4 is 20.1 Å². The zero-order valence-corrected chi connectivity index (χ0v) is 27.5. The molecule has 1 aliphatic carbocycles. The smallest absolute Gasteiger partial charge is 0.272 e. The summed E-state index contributed by atoms with van der Waals surface area (Å²) in [6.07, 6.45) is 2.51. The van der Waals surface area contributed by atoms with Crippen molar-refractivity contribution in [1.29, 1.82) is 0 Å². The minimum atomic E-state index is -2.64. The number of aryl methyl sites for hydroxylation is 1. The SMILES string of the molecule is Cc1cc(Oc2ccccc2F)cc(F)c1-n1ncc(C(=O)C2=Cc3cc(OCC(F)F)c(N4CCC(N5CCOCC5)CC4)cc3C2)c1N. The first-order valence-corrected chi connectivity index (χ1v) is 16.6. The molecule has 9 nitrogen and oxygen atoms in total. The lowest BCUT2D eigenvalue weighted by molar-refractivity contribution is 0.0114. The molecule has 2 aliphatic heterocycles. The van der Waals surface area contributed by atoms with Gasteiger partial charge in [-0.05, 0) is 72.9 Å². The van der Waals surface area contributed by atoms with Gasteiger partial charge >= 0.3 is 0 Å². The van der Waals surface area contributed by atoms with Gasteiger partial charge in [0.25, 0.3) is 6.43 Å². The van der Waals surface area contributed by atoms with Gasteiger partial charge in [0.05, 0.1) is 30.7 Å². The van der Waals surface area contributed by atoms with Crippen LogP contribution in [0, 0.1) is 18.6 Å². The van der Waals surface area contributed by atoms with Crippen molar-refractivity contribution in [2.45, 2.75) is 38.7 Å². The van der Waals surface area contributed by atoms with E-state index in [1.54, 1.807) is 25.1 Å². The fraction of sp³-hybridized carbons (Fsp3) is 0.351. The van der Waals surface area contributed by atoms with Crippen molar-refractivity contribution in [3.63, 3.8) is 0 Å². The molecule has 262 valence electrons. The van der Waals surface area contributed by atoms with Crippen LogP contribution in [0.1, 0.15) is 39.9 Å². The zero-order valence-electron chi connectivity index (χ0n) is 27.5. The second-order valence-corrected chi connectivity index (χ2v) is 12.7. The maximum absolute atomic E-state index is 15.5. The van der Waals surface area contributed by atoms with Gasteiger partial charge in [0.2, 0.25) is 0 Å². The quantitative estimate of drug-likeness (QED) is 0.147. The second-order valence-electron chi connectivity index (χ2n) is 12.7. The lowest BCUT2D eigenvalue weighted by atomic mass is 10.00. The van der Waals surface area contributed by atoms with Crippen molar-refractivity contribution in [3.05, 3.63) is 94.2 Å². The number of halogens is 4. The third-order valence-electron chi connectivity index (χ3n) is 9.51. The molecule has 0 saturated carbocycles.